The zero-order valence-electron chi connectivity index (χ0n) is 19.4. The molecule has 2 aromatic rings. The molecule has 1 heterocycles. The van der Waals surface area contributed by atoms with Crippen molar-refractivity contribution in [3.63, 3.8) is 0 Å². The second kappa shape index (κ2) is 9.70. The molecular weight excluding hydrogens is 448 g/mol. The second-order valence-electron chi connectivity index (χ2n) is 9.70. The number of fused-ring (bicyclic) bond motifs is 3. The van der Waals surface area contributed by atoms with Gasteiger partial charge in [0.05, 0.1) is 12.0 Å². The van der Waals surface area contributed by atoms with Crippen molar-refractivity contribution in [3.05, 3.63) is 59.7 Å². The lowest BCUT2D eigenvalue weighted by atomic mass is 9.83. The Morgan fingerprint density at radius 1 is 0.971 bits per heavy atom. The molecule has 2 aliphatic carbocycles. The highest BCUT2D eigenvalue weighted by molar-refractivity contribution is 5.87. The lowest BCUT2D eigenvalue weighted by Gasteiger charge is -2.34. The van der Waals surface area contributed by atoms with E-state index in [1.807, 2.05) is 24.3 Å². The molecule has 35 heavy (non-hydrogen) atoms. The number of hydrogen-bond donors (Lipinski definition) is 3. The van der Waals surface area contributed by atoms with Crippen LogP contribution < -0.4 is 5.32 Å². The van der Waals surface area contributed by atoms with Crippen molar-refractivity contribution in [2.24, 2.45) is 5.92 Å². The Bertz CT molecular complexity index is 1090. The quantitative estimate of drug-likeness (QED) is 0.608. The van der Waals surface area contributed by atoms with E-state index in [-0.39, 0.29) is 31.4 Å². The Morgan fingerprint density at radius 2 is 1.60 bits per heavy atom. The summed E-state index contributed by atoms with van der Waals surface area (Å²) in [5, 5.41) is 22.3. The van der Waals surface area contributed by atoms with Crippen molar-refractivity contribution in [3.8, 4) is 11.1 Å². The molecule has 4 atom stereocenters. The number of carboxylic acids is 1. The van der Waals surface area contributed by atoms with Gasteiger partial charge in [0, 0.05) is 24.9 Å². The standard InChI is InChI=1S/C27H30N2O6/c30-16-13-24(26(32)33)29(14-16)25(31)21-11-5-6-12-23(21)28-27(34)35-15-22-19-9-3-1-7-17(19)18-8-2-4-10-20(18)22/h1-4,7-10,16,21-24,30H,5-6,11-15H2,(H,28,34)(H,32,33)/t16-,21+,23-,24-/m0/s1. The van der Waals surface area contributed by atoms with Gasteiger partial charge in [0.1, 0.15) is 12.6 Å². The molecule has 1 saturated carbocycles. The Labute approximate surface area is 203 Å². The summed E-state index contributed by atoms with van der Waals surface area (Å²) in [6.45, 7) is 0.189. The minimum Gasteiger partial charge on any atom is -0.480 e. The van der Waals surface area contributed by atoms with Crippen LogP contribution in [0.25, 0.3) is 11.1 Å². The summed E-state index contributed by atoms with van der Waals surface area (Å²) in [6, 6.07) is 14.8. The van der Waals surface area contributed by atoms with Crippen molar-refractivity contribution >= 4 is 18.0 Å². The molecule has 1 aliphatic heterocycles. The third kappa shape index (κ3) is 4.50. The second-order valence-corrected chi connectivity index (χ2v) is 9.70. The van der Waals surface area contributed by atoms with Gasteiger partial charge >= 0.3 is 12.1 Å². The highest BCUT2D eigenvalue weighted by Gasteiger charge is 2.44. The fourth-order valence-electron chi connectivity index (χ4n) is 5.90. The molecule has 3 N–H and O–H groups in total. The van der Waals surface area contributed by atoms with Crippen LogP contribution in [-0.4, -0.2) is 64.4 Å². The van der Waals surface area contributed by atoms with Crippen LogP contribution in [0, 0.1) is 5.92 Å². The van der Waals surface area contributed by atoms with Crippen LogP contribution in [0.15, 0.2) is 48.5 Å². The Hall–Kier alpha value is -3.39. The monoisotopic (exact) mass is 478 g/mol. The van der Waals surface area contributed by atoms with E-state index in [1.165, 1.54) is 4.90 Å². The summed E-state index contributed by atoms with van der Waals surface area (Å²) in [5.74, 6) is -2.03. The molecule has 0 bridgehead atoms. The smallest absolute Gasteiger partial charge is 0.407 e. The average molecular weight is 479 g/mol. The number of hydrogen-bond acceptors (Lipinski definition) is 5. The van der Waals surface area contributed by atoms with Crippen LogP contribution in [0.1, 0.15) is 49.1 Å². The highest BCUT2D eigenvalue weighted by Crippen LogP contribution is 2.44. The normalized spacial score (nSPS) is 25.6. The van der Waals surface area contributed by atoms with Crippen molar-refractivity contribution in [1.29, 1.82) is 0 Å². The molecule has 0 spiro atoms. The number of aliphatic hydroxyl groups is 1. The number of carbonyl (C=O) groups is 3. The SMILES string of the molecule is O=C(N[C@H]1CCCC[C@H]1C(=O)N1C[C@@H](O)C[C@H]1C(=O)O)OCC1c2ccccc2-c2ccccc21. The average Bonchev–Trinajstić information content (AvgIpc) is 3.41. The van der Waals surface area contributed by atoms with E-state index < -0.39 is 36.2 Å². The third-order valence-corrected chi connectivity index (χ3v) is 7.58. The van der Waals surface area contributed by atoms with E-state index in [1.54, 1.807) is 0 Å². The minimum atomic E-state index is -1.12. The summed E-state index contributed by atoms with van der Waals surface area (Å²) in [6.07, 6.45) is 1.47. The van der Waals surface area contributed by atoms with Crippen LogP contribution >= 0.6 is 0 Å². The molecule has 2 fully saturated rings. The van der Waals surface area contributed by atoms with Gasteiger partial charge in [-0.3, -0.25) is 4.79 Å². The maximum Gasteiger partial charge on any atom is 0.407 e. The molecule has 2 amide bonds. The van der Waals surface area contributed by atoms with E-state index in [0.717, 1.165) is 35.1 Å². The van der Waals surface area contributed by atoms with Crippen molar-refractivity contribution in [2.45, 2.75) is 56.2 Å². The number of ether oxygens (including phenoxy) is 1. The van der Waals surface area contributed by atoms with E-state index in [9.17, 15) is 24.6 Å². The largest absolute Gasteiger partial charge is 0.480 e. The number of nitrogens with one attached hydrogen (secondary N) is 1. The Balaban J connectivity index is 1.25. The van der Waals surface area contributed by atoms with Crippen molar-refractivity contribution in [1.82, 2.24) is 10.2 Å². The first-order chi connectivity index (χ1) is 16.9. The fraction of sp³-hybridized carbons (Fsp3) is 0.444. The van der Waals surface area contributed by atoms with Crippen LogP contribution in [0.4, 0.5) is 4.79 Å². The van der Waals surface area contributed by atoms with E-state index >= 15 is 0 Å². The first kappa shape index (κ1) is 23.4. The Morgan fingerprint density at radius 3 is 2.26 bits per heavy atom. The molecule has 8 heteroatoms. The minimum absolute atomic E-state index is 0.00393. The fourth-order valence-corrected chi connectivity index (χ4v) is 5.90. The van der Waals surface area contributed by atoms with Gasteiger partial charge < -0.3 is 25.2 Å². The number of carboxylic acid groups (broad SMARTS) is 1. The predicted octanol–water partition coefficient (Wildman–Crippen LogP) is 3.13. The molecule has 1 saturated heterocycles. The zero-order valence-corrected chi connectivity index (χ0v) is 19.4. The lowest BCUT2D eigenvalue weighted by Crippen LogP contribution is -2.52. The molecule has 0 radical (unpaired) electrons. The maximum atomic E-state index is 13.3. The predicted molar refractivity (Wildman–Crippen MR) is 128 cm³/mol. The number of aliphatic carboxylic acids is 1. The molecule has 0 unspecified atom stereocenters. The van der Waals surface area contributed by atoms with Gasteiger partial charge in [-0.05, 0) is 35.1 Å². The van der Waals surface area contributed by atoms with Gasteiger partial charge in [-0.15, -0.1) is 0 Å². The summed E-state index contributed by atoms with van der Waals surface area (Å²) in [5.41, 5.74) is 4.55. The van der Waals surface area contributed by atoms with Gasteiger partial charge in [-0.1, -0.05) is 61.4 Å². The van der Waals surface area contributed by atoms with Crippen molar-refractivity contribution < 1.29 is 29.3 Å². The maximum absolute atomic E-state index is 13.3. The van der Waals surface area contributed by atoms with Crippen LogP contribution in [0.3, 0.4) is 0 Å². The summed E-state index contributed by atoms with van der Waals surface area (Å²) < 4.78 is 5.66. The number of benzene rings is 2. The molecular formula is C27H30N2O6. The van der Waals surface area contributed by atoms with E-state index in [2.05, 4.69) is 29.6 Å². The summed E-state index contributed by atoms with van der Waals surface area (Å²) in [7, 11) is 0. The molecule has 5 rings (SSSR count). The first-order valence-electron chi connectivity index (χ1n) is 12.3. The topological polar surface area (TPSA) is 116 Å². The molecule has 184 valence electrons. The number of alkyl carbamates (subject to hydrolysis) is 1. The first-order valence-corrected chi connectivity index (χ1v) is 12.3. The van der Waals surface area contributed by atoms with Crippen molar-refractivity contribution in [2.75, 3.05) is 13.2 Å². The number of rotatable bonds is 5. The highest BCUT2D eigenvalue weighted by atomic mass is 16.5. The van der Waals surface area contributed by atoms with Crippen LogP contribution in [0.2, 0.25) is 0 Å². The number of likely N-dealkylation sites (tertiary alicyclic amines) is 1. The number of β-amino-alcohol motifs (C(OH)–C–C–N with tert-alkyl or cyclic N) is 1. The number of amides is 2. The van der Waals surface area contributed by atoms with Gasteiger partial charge in [0.15, 0.2) is 0 Å². The van der Waals surface area contributed by atoms with Gasteiger partial charge in [0.25, 0.3) is 0 Å². The van der Waals surface area contributed by atoms with Gasteiger partial charge in [-0.2, -0.15) is 0 Å². The summed E-state index contributed by atoms with van der Waals surface area (Å²) >= 11 is 0. The lowest BCUT2D eigenvalue weighted by molar-refractivity contribution is -0.150. The third-order valence-electron chi connectivity index (χ3n) is 7.58. The van der Waals surface area contributed by atoms with Gasteiger partial charge in [0.2, 0.25) is 5.91 Å². The zero-order chi connectivity index (χ0) is 24.5. The molecule has 3 aliphatic rings. The number of nitrogens with zero attached hydrogens (tertiary/aromatic N) is 1. The van der Waals surface area contributed by atoms with E-state index in [4.69, 9.17) is 4.74 Å². The summed E-state index contributed by atoms with van der Waals surface area (Å²) in [4.78, 5) is 38.9. The number of aliphatic hydroxyl groups excluding tert-OH is 1. The Kier molecular flexibility index (Phi) is 6.47. The molecule has 8 nitrogen and oxygen atoms in total. The van der Waals surface area contributed by atoms with Crippen LogP contribution in [0.5, 0.6) is 0 Å². The van der Waals surface area contributed by atoms with E-state index in [0.29, 0.717) is 12.8 Å². The molecule has 0 aromatic heterocycles. The van der Waals surface area contributed by atoms with Gasteiger partial charge in [-0.25, -0.2) is 9.59 Å². The number of carbonyl (C=O) groups excluding carboxylic acids is 2. The van der Waals surface area contributed by atoms with Crippen LogP contribution in [-0.2, 0) is 14.3 Å². The molecule has 2 aromatic carbocycles.